The zero-order valence-corrected chi connectivity index (χ0v) is 10.2. The van der Waals surface area contributed by atoms with Crippen LogP contribution in [0.2, 0.25) is 0 Å². The van der Waals surface area contributed by atoms with Gasteiger partial charge in [0.25, 0.3) is 0 Å². The molecule has 2 rings (SSSR count). The molecule has 17 heavy (non-hydrogen) atoms. The molecule has 1 heterocycles. The van der Waals surface area contributed by atoms with Gasteiger partial charge in [-0.05, 0) is 31.5 Å². The van der Waals surface area contributed by atoms with Crippen molar-refractivity contribution in [1.29, 1.82) is 0 Å². The molecule has 0 spiro atoms. The smallest absolute Gasteiger partial charge is 0.159 e. The third-order valence-electron chi connectivity index (χ3n) is 3.36. The first kappa shape index (κ1) is 12.5. The van der Waals surface area contributed by atoms with E-state index in [1.54, 1.807) is 6.07 Å². The summed E-state index contributed by atoms with van der Waals surface area (Å²) in [6.07, 6.45) is 0. The van der Waals surface area contributed by atoms with Gasteiger partial charge < -0.3 is 5.32 Å². The van der Waals surface area contributed by atoms with E-state index in [9.17, 15) is 8.78 Å². The average Bonchev–Trinajstić information content (AvgIpc) is 2.28. The number of hydrogen-bond acceptors (Lipinski definition) is 2. The Bertz CT molecular complexity index is 385. The van der Waals surface area contributed by atoms with Crippen LogP contribution < -0.4 is 5.32 Å². The van der Waals surface area contributed by atoms with Gasteiger partial charge in [-0.15, -0.1) is 0 Å². The molecule has 0 aromatic heterocycles. The van der Waals surface area contributed by atoms with Gasteiger partial charge in [-0.2, -0.15) is 0 Å². The normalized spacial score (nSPS) is 26.1. The molecule has 0 amide bonds. The molecule has 0 saturated carbocycles. The van der Waals surface area contributed by atoms with E-state index < -0.39 is 11.6 Å². The van der Waals surface area contributed by atoms with Crippen molar-refractivity contribution in [3.05, 3.63) is 35.4 Å². The van der Waals surface area contributed by atoms with Crippen LogP contribution in [0.4, 0.5) is 8.78 Å². The van der Waals surface area contributed by atoms with Crippen LogP contribution in [0.5, 0.6) is 0 Å². The lowest BCUT2D eigenvalue weighted by atomic mass is 10.1. The molecule has 1 aliphatic heterocycles. The molecular formula is C13H18F2N2. The first-order valence-electron chi connectivity index (χ1n) is 5.98. The fourth-order valence-electron chi connectivity index (χ4n) is 2.33. The summed E-state index contributed by atoms with van der Waals surface area (Å²) in [7, 11) is 0. The van der Waals surface area contributed by atoms with E-state index in [1.165, 1.54) is 12.1 Å². The first-order chi connectivity index (χ1) is 8.08. The zero-order valence-electron chi connectivity index (χ0n) is 10.2. The van der Waals surface area contributed by atoms with Crippen molar-refractivity contribution < 1.29 is 8.78 Å². The maximum Gasteiger partial charge on any atom is 0.159 e. The van der Waals surface area contributed by atoms with Gasteiger partial charge in [-0.3, -0.25) is 4.90 Å². The highest BCUT2D eigenvalue weighted by molar-refractivity contribution is 5.18. The minimum Gasteiger partial charge on any atom is -0.314 e. The van der Waals surface area contributed by atoms with Crippen molar-refractivity contribution in [2.75, 3.05) is 13.1 Å². The van der Waals surface area contributed by atoms with E-state index in [4.69, 9.17) is 0 Å². The van der Waals surface area contributed by atoms with Crippen LogP contribution in [-0.4, -0.2) is 30.1 Å². The maximum atomic E-state index is 13.1. The topological polar surface area (TPSA) is 15.3 Å². The van der Waals surface area contributed by atoms with E-state index in [1.807, 2.05) is 0 Å². The second kappa shape index (κ2) is 5.10. The maximum absolute atomic E-state index is 13.1. The molecule has 1 aromatic rings. The van der Waals surface area contributed by atoms with Crippen molar-refractivity contribution in [1.82, 2.24) is 10.2 Å². The van der Waals surface area contributed by atoms with Gasteiger partial charge in [0.05, 0.1) is 0 Å². The van der Waals surface area contributed by atoms with Crippen LogP contribution in [0.25, 0.3) is 0 Å². The molecule has 1 fully saturated rings. The minimum atomic E-state index is -0.782. The van der Waals surface area contributed by atoms with Crippen LogP contribution in [0.3, 0.4) is 0 Å². The summed E-state index contributed by atoms with van der Waals surface area (Å²) in [4.78, 5) is 2.31. The molecule has 0 bridgehead atoms. The van der Waals surface area contributed by atoms with Gasteiger partial charge in [0.1, 0.15) is 0 Å². The molecule has 1 aromatic carbocycles. The molecule has 1 N–H and O–H groups in total. The van der Waals surface area contributed by atoms with E-state index in [2.05, 4.69) is 24.1 Å². The molecule has 0 aliphatic carbocycles. The highest BCUT2D eigenvalue weighted by Gasteiger charge is 2.24. The number of hydrogen-bond donors (Lipinski definition) is 1. The second-order valence-corrected chi connectivity index (χ2v) is 4.78. The lowest BCUT2D eigenvalue weighted by molar-refractivity contribution is 0.108. The quantitative estimate of drug-likeness (QED) is 0.852. The number of nitrogens with one attached hydrogen (secondary N) is 1. The van der Waals surface area contributed by atoms with Crippen LogP contribution in [-0.2, 0) is 6.54 Å². The SMILES string of the molecule is CC1CNCC(C)N1Cc1ccc(F)c(F)c1. The fraction of sp³-hybridized carbons (Fsp3) is 0.538. The van der Waals surface area contributed by atoms with Crippen molar-refractivity contribution in [3.63, 3.8) is 0 Å². The lowest BCUT2D eigenvalue weighted by Gasteiger charge is -2.39. The monoisotopic (exact) mass is 240 g/mol. The van der Waals surface area contributed by atoms with E-state index in [0.29, 0.717) is 18.6 Å². The van der Waals surface area contributed by atoms with Gasteiger partial charge in [-0.25, -0.2) is 8.78 Å². The van der Waals surface area contributed by atoms with Crippen molar-refractivity contribution in [2.45, 2.75) is 32.5 Å². The van der Waals surface area contributed by atoms with Crippen LogP contribution in [0, 0.1) is 11.6 Å². The highest BCUT2D eigenvalue weighted by Crippen LogP contribution is 2.16. The molecule has 2 nitrogen and oxygen atoms in total. The minimum absolute atomic E-state index is 0.409. The summed E-state index contributed by atoms with van der Waals surface area (Å²) in [5.74, 6) is -1.55. The number of halogens is 2. The largest absolute Gasteiger partial charge is 0.314 e. The molecule has 2 atom stereocenters. The van der Waals surface area contributed by atoms with E-state index in [0.717, 1.165) is 18.7 Å². The van der Waals surface area contributed by atoms with Gasteiger partial charge in [0.2, 0.25) is 0 Å². The Morgan fingerprint density at radius 2 is 1.82 bits per heavy atom. The third-order valence-corrected chi connectivity index (χ3v) is 3.36. The lowest BCUT2D eigenvalue weighted by Crippen LogP contribution is -2.54. The molecular weight excluding hydrogens is 222 g/mol. The predicted molar refractivity (Wildman–Crippen MR) is 63.7 cm³/mol. The van der Waals surface area contributed by atoms with Gasteiger partial charge in [-0.1, -0.05) is 6.07 Å². The summed E-state index contributed by atoms with van der Waals surface area (Å²) in [6, 6.07) is 4.96. The van der Waals surface area contributed by atoms with E-state index >= 15 is 0 Å². The Morgan fingerprint density at radius 1 is 1.18 bits per heavy atom. The Morgan fingerprint density at radius 3 is 2.41 bits per heavy atom. The second-order valence-electron chi connectivity index (χ2n) is 4.78. The molecule has 2 unspecified atom stereocenters. The van der Waals surface area contributed by atoms with Crippen molar-refractivity contribution in [2.24, 2.45) is 0 Å². The molecule has 4 heteroatoms. The summed E-state index contributed by atoms with van der Waals surface area (Å²) in [6.45, 7) is 6.83. The number of nitrogens with zero attached hydrogens (tertiary/aromatic N) is 1. The Labute approximate surface area is 101 Å². The fourth-order valence-corrected chi connectivity index (χ4v) is 2.33. The number of benzene rings is 1. The Balaban J connectivity index is 2.10. The van der Waals surface area contributed by atoms with Crippen LogP contribution in [0.15, 0.2) is 18.2 Å². The van der Waals surface area contributed by atoms with Crippen molar-refractivity contribution in [3.8, 4) is 0 Å². The van der Waals surface area contributed by atoms with Gasteiger partial charge in [0, 0.05) is 31.7 Å². The molecule has 94 valence electrons. The van der Waals surface area contributed by atoms with Crippen molar-refractivity contribution >= 4 is 0 Å². The van der Waals surface area contributed by atoms with Gasteiger partial charge in [0.15, 0.2) is 11.6 Å². The Kier molecular flexibility index (Phi) is 3.74. The van der Waals surface area contributed by atoms with E-state index in [-0.39, 0.29) is 0 Å². The number of rotatable bonds is 2. The Hall–Kier alpha value is -1.00. The average molecular weight is 240 g/mol. The molecule has 0 radical (unpaired) electrons. The predicted octanol–water partition coefficient (Wildman–Crippen LogP) is 2.15. The molecule has 1 saturated heterocycles. The zero-order chi connectivity index (χ0) is 12.4. The summed E-state index contributed by atoms with van der Waals surface area (Å²) in [5.41, 5.74) is 0.824. The third kappa shape index (κ3) is 2.82. The van der Waals surface area contributed by atoms with Gasteiger partial charge >= 0.3 is 0 Å². The standard InChI is InChI=1S/C13H18F2N2/c1-9-6-16-7-10(2)17(9)8-11-3-4-12(14)13(15)5-11/h3-5,9-10,16H,6-8H2,1-2H3. The highest BCUT2D eigenvalue weighted by atomic mass is 19.2. The summed E-state index contributed by atoms with van der Waals surface area (Å²) >= 11 is 0. The summed E-state index contributed by atoms with van der Waals surface area (Å²) in [5, 5.41) is 3.34. The van der Waals surface area contributed by atoms with Crippen LogP contribution in [0.1, 0.15) is 19.4 Å². The first-order valence-corrected chi connectivity index (χ1v) is 5.98. The number of piperazine rings is 1. The summed E-state index contributed by atoms with van der Waals surface area (Å²) < 4.78 is 26.0. The molecule has 1 aliphatic rings. The van der Waals surface area contributed by atoms with Crippen LogP contribution >= 0.6 is 0 Å².